The van der Waals surface area contributed by atoms with Gasteiger partial charge < -0.3 is 10.0 Å². The van der Waals surface area contributed by atoms with Gasteiger partial charge in [-0.2, -0.15) is 0 Å². The minimum atomic E-state index is -0.668. The fraction of sp³-hybridized carbons (Fsp3) is 0.158. The Hall–Kier alpha value is -2.95. The highest BCUT2D eigenvalue weighted by Gasteiger charge is 2.34. The molecule has 122 valence electrons. The second-order valence-corrected chi connectivity index (χ2v) is 5.82. The Morgan fingerprint density at radius 3 is 2.46 bits per heavy atom. The Morgan fingerprint density at radius 2 is 1.83 bits per heavy atom. The number of carbonyl (C=O) groups is 2. The van der Waals surface area contributed by atoms with Crippen LogP contribution in [-0.2, 0) is 16.0 Å². The summed E-state index contributed by atoms with van der Waals surface area (Å²) in [4.78, 5) is 24.8. The molecule has 4 nitrogen and oxygen atoms in total. The molecule has 1 amide bonds. The summed E-state index contributed by atoms with van der Waals surface area (Å²) in [5.41, 5.74) is 2.45. The largest absolute Gasteiger partial charge is 0.507 e. The molecule has 0 spiro atoms. The lowest BCUT2D eigenvalue weighted by Crippen LogP contribution is -2.22. The monoisotopic (exact) mass is 325 g/mol. The third-order valence-electron chi connectivity index (χ3n) is 4.02. The first-order valence-corrected chi connectivity index (χ1v) is 7.51. The molecule has 3 rings (SSSR count). The van der Waals surface area contributed by atoms with Gasteiger partial charge in [-0.1, -0.05) is 30.3 Å². The summed E-state index contributed by atoms with van der Waals surface area (Å²) < 4.78 is 13.0. The van der Waals surface area contributed by atoms with Crippen LogP contribution in [0, 0.1) is 5.82 Å². The number of rotatable bonds is 3. The molecule has 1 aliphatic heterocycles. The van der Waals surface area contributed by atoms with Crippen molar-refractivity contribution in [2.45, 2.75) is 6.42 Å². The number of likely N-dealkylation sites (tertiary alicyclic amines) is 1. The van der Waals surface area contributed by atoms with E-state index in [1.54, 1.807) is 30.3 Å². The fourth-order valence-electron chi connectivity index (χ4n) is 2.71. The highest BCUT2D eigenvalue weighted by Crippen LogP contribution is 2.23. The smallest absolute Gasteiger partial charge is 0.294 e. The Morgan fingerprint density at radius 1 is 1.12 bits per heavy atom. The van der Waals surface area contributed by atoms with E-state index in [-0.39, 0.29) is 23.7 Å². The highest BCUT2D eigenvalue weighted by atomic mass is 19.1. The number of Topliss-reactive ketones (excluding diaryl/α,β-unsaturated/α-hetero) is 1. The summed E-state index contributed by atoms with van der Waals surface area (Å²) in [5, 5.41) is 10.4. The summed E-state index contributed by atoms with van der Waals surface area (Å²) in [5.74, 6) is -1.74. The molecular formula is C19H16FNO3. The van der Waals surface area contributed by atoms with Crippen molar-refractivity contribution in [3.8, 4) is 0 Å². The van der Waals surface area contributed by atoms with Crippen LogP contribution in [0.4, 0.5) is 4.39 Å². The van der Waals surface area contributed by atoms with E-state index in [1.807, 2.05) is 6.07 Å². The molecule has 0 unspecified atom stereocenters. The van der Waals surface area contributed by atoms with Gasteiger partial charge in [0.2, 0.25) is 0 Å². The predicted octanol–water partition coefficient (Wildman–Crippen LogP) is 2.73. The zero-order valence-corrected chi connectivity index (χ0v) is 13.1. The van der Waals surface area contributed by atoms with Crippen LogP contribution in [0.15, 0.2) is 54.1 Å². The van der Waals surface area contributed by atoms with Crippen molar-refractivity contribution in [2.75, 3.05) is 13.6 Å². The Bertz CT molecular complexity index is 840. The van der Waals surface area contributed by atoms with Gasteiger partial charge in [-0.15, -0.1) is 0 Å². The van der Waals surface area contributed by atoms with Crippen LogP contribution in [0.5, 0.6) is 0 Å². The van der Waals surface area contributed by atoms with E-state index < -0.39 is 11.7 Å². The third-order valence-corrected chi connectivity index (χ3v) is 4.02. The molecule has 0 aromatic heterocycles. The molecule has 2 aromatic rings. The van der Waals surface area contributed by atoms with E-state index in [1.165, 1.54) is 24.1 Å². The van der Waals surface area contributed by atoms with Crippen LogP contribution in [-0.4, -0.2) is 35.3 Å². The van der Waals surface area contributed by atoms with Gasteiger partial charge >= 0.3 is 0 Å². The van der Waals surface area contributed by atoms with Crippen molar-refractivity contribution in [1.29, 1.82) is 0 Å². The van der Waals surface area contributed by atoms with Gasteiger partial charge in [0.15, 0.2) is 0 Å². The van der Waals surface area contributed by atoms with E-state index in [9.17, 15) is 19.1 Å². The molecule has 5 heteroatoms. The van der Waals surface area contributed by atoms with Crippen molar-refractivity contribution >= 4 is 17.4 Å². The summed E-state index contributed by atoms with van der Waals surface area (Å²) >= 11 is 0. The molecule has 1 saturated heterocycles. The van der Waals surface area contributed by atoms with Gasteiger partial charge in [0.25, 0.3) is 11.7 Å². The molecule has 1 fully saturated rings. The van der Waals surface area contributed by atoms with Crippen LogP contribution in [0.3, 0.4) is 0 Å². The minimum absolute atomic E-state index is 0.103. The third kappa shape index (κ3) is 3.06. The number of benzene rings is 2. The lowest BCUT2D eigenvalue weighted by atomic mass is 10.00. The number of carbonyl (C=O) groups excluding carboxylic acids is 2. The zero-order valence-electron chi connectivity index (χ0n) is 13.1. The summed E-state index contributed by atoms with van der Waals surface area (Å²) in [7, 11) is 1.52. The van der Waals surface area contributed by atoms with Gasteiger partial charge in [0.05, 0.1) is 12.1 Å². The number of aliphatic hydroxyl groups is 1. The van der Waals surface area contributed by atoms with Crippen LogP contribution in [0.1, 0.15) is 16.7 Å². The quantitative estimate of drug-likeness (QED) is 0.536. The number of halogens is 1. The Balaban J connectivity index is 1.89. The van der Waals surface area contributed by atoms with Gasteiger partial charge in [-0.05, 0) is 35.7 Å². The summed E-state index contributed by atoms with van der Waals surface area (Å²) in [6.45, 7) is 0.103. The Labute approximate surface area is 138 Å². The molecule has 1 aliphatic rings. The number of hydrogen-bond donors (Lipinski definition) is 1. The molecule has 1 N–H and O–H groups in total. The van der Waals surface area contributed by atoms with Crippen molar-refractivity contribution in [2.24, 2.45) is 0 Å². The number of nitrogens with zero attached hydrogens (tertiary/aromatic N) is 1. The topological polar surface area (TPSA) is 57.6 Å². The van der Waals surface area contributed by atoms with Crippen molar-refractivity contribution < 1.29 is 19.1 Å². The predicted molar refractivity (Wildman–Crippen MR) is 87.8 cm³/mol. The molecule has 0 bridgehead atoms. The van der Waals surface area contributed by atoms with Gasteiger partial charge in [0.1, 0.15) is 11.6 Å². The average Bonchev–Trinajstić information content (AvgIpc) is 2.84. The van der Waals surface area contributed by atoms with Gasteiger partial charge in [-0.25, -0.2) is 4.39 Å². The lowest BCUT2D eigenvalue weighted by molar-refractivity contribution is -0.138. The number of ketones is 1. The Kier molecular flexibility index (Phi) is 4.16. The van der Waals surface area contributed by atoms with E-state index in [0.717, 1.165) is 11.1 Å². The van der Waals surface area contributed by atoms with E-state index in [2.05, 4.69) is 0 Å². The zero-order chi connectivity index (χ0) is 17.3. The number of hydrogen-bond acceptors (Lipinski definition) is 3. The molecular weight excluding hydrogens is 309 g/mol. The van der Waals surface area contributed by atoms with Crippen LogP contribution >= 0.6 is 0 Å². The van der Waals surface area contributed by atoms with E-state index >= 15 is 0 Å². The number of likely N-dealkylation sites (N-methyl/N-ethyl adjacent to an activating group) is 1. The summed E-state index contributed by atoms with van der Waals surface area (Å²) in [6, 6.07) is 13.3. The van der Waals surface area contributed by atoms with Gasteiger partial charge in [0, 0.05) is 12.6 Å². The molecule has 0 atom stereocenters. The van der Waals surface area contributed by atoms with Crippen LogP contribution in [0.25, 0.3) is 5.76 Å². The first-order valence-electron chi connectivity index (χ1n) is 7.51. The molecule has 0 radical (unpaired) electrons. The van der Waals surface area contributed by atoms with Crippen molar-refractivity contribution in [3.05, 3.63) is 76.6 Å². The number of amides is 1. The van der Waals surface area contributed by atoms with E-state index in [0.29, 0.717) is 12.0 Å². The maximum Gasteiger partial charge on any atom is 0.294 e. The van der Waals surface area contributed by atoms with E-state index in [4.69, 9.17) is 0 Å². The molecule has 0 saturated carbocycles. The fourth-order valence-corrected chi connectivity index (χ4v) is 2.71. The van der Waals surface area contributed by atoms with Crippen LogP contribution in [0.2, 0.25) is 0 Å². The maximum absolute atomic E-state index is 13.0. The normalized spacial score (nSPS) is 16.7. The molecule has 0 aliphatic carbocycles. The molecule has 1 heterocycles. The summed E-state index contributed by atoms with van der Waals surface area (Å²) in [6.07, 6.45) is 0.573. The second-order valence-electron chi connectivity index (χ2n) is 5.82. The SMILES string of the molecule is CN1CC(=C(O)c2cccc(Cc3ccc(F)cc3)c2)C(=O)C1=O. The standard InChI is InChI=1S/C19H16FNO3/c1-21-11-16(18(23)19(21)24)17(22)14-4-2-3-13(10-14)9-12-5-7-15(20)8-6-12/h2-8,10,22H,9,11H2,1H3. The first-order chi connectivity index (χ1) is 11.5. The average molecular weight is 325 g/mol. The van der Waals surface area contributed by atoms with Gasteiger partial charge in [-0.3, -0.25) is 9.59 Å². The minimum Gasteiger partial charge on any atom is -0.507 e. The second kappa shape index (κ2) is 6.28. The molecule has 24 heavy (non-hydrogen) atoms. The van der Waals surface area contributed by atoms with Crippen LogP contribution < -0.4 is 0 Å². The van der Waals surface area contributed by atoms with Crippen molar-refractivity contribution in [3.63, 3.8) is 0 Å². The highest BCUT2D eigenvalue weighted by molar-refractivity contribution is 6.46. The number of aliphatic hydroxyl groups excluding tert-OH is 1. The maximum atomic E-state index is 13.0. The first kappa shape index (κ1) is 15.9. The van der Waals surface area contributed by atoms with Crippen molar-refractivity contribution in [1.82, 2.24) is 4.90 Å². The lowest BCUT2D eigenvalue weighted by Gasteiger charge is -2.08. The molecule has 2 aromatic carbocycles.